The second-order valence-corrected chi connectivity index (χ2v) is 6.63. The molecule has 0 spiro atoms. The van der Waals surface area contributed by atoms with Crippen LogP contribution in [0.5, 0.6) is 0 Å². The van der Waals surface area contributed by atoms with Crippen LogP contribution in [0.2, 0.25) is 4.34 Å². The average Bonchev–Trinajstić information content (AvgIpc) is 2.77. The van der Waals surface area contributed by atoms with E-state index in [0.29, 0.717) is 6.04 Å². The van der Waals surface area contributed by atoms with Gasteiger partial charge in [-0.1, -0.05) is 57.0 Å². The van der Waals surface area contributed by atoms with Gasteiger partial charge in [-0.2, -0.15) is 0 Å². The molecule has 1 heterocycles. The number of halogens is 1. The van der Waals surface area contributed by atoms with E-state index in [9.17, 15) is 0 Å². The highest BCUT2D eigenvalue weighted by molar-refractivity contribution is 7.16. The Labute approximate surface area is 120 Å². The molecule has 0 amide bonds. The molecule has 1 atom stereocenters. The molecule has 104 valence electrons. The number of rotatable bonds is 10. The van der Waals surface area contributed by atoms with Gasteiger partial charge in [0.05, 0.1) is 4.34 Å². The standard InChI is InChI=1S/C14H25ClN2S/c1-2-3-4-5-6-7-8-12(17-16)11-13-9-10-14(15)18-13/h9-10,12,17H,2-8,11,16H2,1H3. The summed E-state index contributed by atoms with van der Waals surface area (Å²) >= 11 is 7.58. The Morgan fingerprint density at radius 2 is 1.94 bits per heavy atom. The summed E-state index contributed by atoms with van der Waals surface area (Å²) in [6.07, 6.45) is 10.1. The molecule has 0 saturated heterocycles. The third-order valence-electron chi connectivity index (χ3n) is 3.22. The number of unbranched alkanes of at least 4 members (excludes halogenated alkanes) is 5. The van der Waals surface area contributed by atoms with Crippen LogP contribution in [0, 0.1) is 0 Å². The number of thiophene rings is 1. The third kappa shape index (κ3) is 6.74. The van der Waals surface area contributed by atoms with Crippen molar-refractivity contribution >= 4 is 22.9 Å². The van der Waals surface area contributed by atoms with Crippen molar-refractivity contribution < 1.29 is 0 Å². The number of nitrogens with one attached hydrogen (secondary N) is 1. The molecule has 4 heteroatoms. The van der Waals surface area contributed by atoms with Crippen LogP contribution in [0.15, 0.2) is 12.1 Å². The Morgan fingerprint density at radius 1 is 1.22 bits per heavy atom. The Balaban J connectivity index is 2.13. The zero-order valence-corrected chi connectivity index (χ0v) is 12.8. The van der Waals surface area contributed by atoms with E-state index in [4.69, 9.17) is 17.4 Å². The molecule has 0 fully saturated rings. The number of hydrogen-bond donors (Lipinski definition) is 2. The molecule has 1 aromatic heterocycles. The first-order valence-corrected chi connectivity index (χ1v) is 8.16. The zero-order chi connectivity index (χ0) is 13.2. The molecule has 0 aromatic carbocycles. The number of hydrazine groups is 1. The maximum Gasteiger partial charge on any atom is 0.0931 e. The van der Waals surface area contributed by atoms with Crippen molar-refractivity contribution in [2.24, 2.45) is 5.84 Å². The minimum Gasteiger partial charge on any atom is -0.271 e. The largest absolute Gasteiger partial charge is 0.271 e. The third-order valence-corrected chi connectivity index (χ3v) is 4.47. The Hall–Kier alpha value is -0.0900. The van der Waals surface area contributed by atoms with Crippen molar-refractivity contribution in [1.29, 1.82) is 0 Å². The summed E-state index contributed by atoms with van der Waals surface area (Å²) in [5.74, 6) is 5.61. The van der Waals surface area contributed by atoms with Crippen molar-refractivity contribution in [1.82, 2.24) is 5.43 Å². The molecule has 0 aliphatic rings. The zero-order valence-electron chi connectivity index (χ0n) is 11.3. The van der Waals surface area contributed by atoms with Crippen LogP contribution in [0.3, 0.4) is 0 Å². The predicted octanol–water partition coefficient (Wildman–Crippen LogP) is 4.53. The van der Waals surface area contributed by atoms with Crippen LogP contribution in [-0.2, 0) is 6.42 Å². The average molecular weight is 289 g/mol. The van der Waals surface area contributed by atoms with E-state index < -0.39 is 0 Å². The van der Waals surface area contributed by atoms with E-state index in [1.165, 1.54) is 43.4 Å². The highest BCUT2D eigenvalue weighted by atomic mass is 35.5. The fourth-order valence-corrected chi connectivity index (χ4v) is 3.29. The maximum absolute atomic E-state index is 5.93. The van der Waals surface area contributed by atoms with E-state index in [1.54, 1.807) is 11.3 Å². The van der Waals surface area contributed by atoms with Gasteiger partial charge in [0.25, 0.3) is 0 Å². The highest BCUT2D eigenvalue weighted by Gasteiger charge is 2.09. The van der Waals surface area contributed by atoms with Crippen molar-refractivity contribution in [3.05, 3.63) is 21.3 Å². The summed E-state index contributed by atoms with van der Waals surface area (Å²) in [6, 6.07) is 4.43. The van der Waals surface area contributed by atoms with Gasteiger partial charge in [-0.25, -0.2) is 0 Å². The molecule has 0 aliphatic carbocycles. The summed E-state index contributed by atoms with van der Waals surface area (Å²) in [7, 11) is 0. The van der Waals surface area contributed by atoms with Gasteiger partial charge in [-0.15, -0.1) is 11.3 Å². The Kier molecular flexibility index (Phi) is 8.68. The van der Waals surface area contributed by atoms with Gasteiger partial charge in [0.2, 0.25) is 0 Å². The lowest BCUT2D eigenvalue weighted by atomic mass is 10.0. The van der Waals surface area contributed by atoms with Gasteiger partial charge in [0.1, 0.15) is 0 Å². The summed E-state index contributed by atoms with van der Waals surface area (Å²) in [5.41, 5.74) is 2.93. The van der Waals surface area contributed by atoms with Crippen molar-refractivity contribution in [3.8, 4) is 0 Å². The topological polar surface area (TPSA) is 38.0 Å². The van der Waals surface area contributed by atoms with Crippen LogP contribution in [-0.4, -0.2) is 6.04 Å². The lowest BCUT2D eigenvalue weighted by molar-refractivity contribution is 0.461. The molecule has 1 unspecified atom stereocenters. The summed E-state index contributed by atoms with van der Waals surface area (Å²) < 4.78 is 0.861. The van der Waals surface area contributed by atoms with Gasteiger partial charge in [-0.05, 0) is 25.0 Å². The van der Waals surface area contributed by atoms with E-state index in [0.717, 1.165) is 17.2 Å². The van der Waals surface area contributed by atoms with E-state index in [2.05, 4.69) is 18.4 Å². The van der Waals surface area contributed by atoms with Crippen LogP contribution >= 0.6 is 22.9 Å². The first-order chi connectivity index (χ1) is 8.76. The van der Waals surface area contributed by atoms with E-state index >= 15 is 0 Å². The van der Waals surface area contributed by atoms with Gasteiger partial charge in [0.15, 0.2) is 0 Å². The van der Waals surface area contributed by atoms with Crippen LogP contribution in [0.25, 0.3) is 0 Å². The smallest absolute Gasteiger partial charge is 0.0931 e. The highest BCUT2D eigenvalue weighted by Crippen LogP contribution is 2.23. The normalized spacial score (nSPS) is 12.8. The number of hydrogen-bond acceptors (Lipinski definition) is 3. The van der Waals surface area contributed by atoms with Gasteiger partial charge >= 0.3 is 0 Å². The van der Waals surface area contributed by atoms with E-state index in [1.807, 2.05) is 6.07 Å². The second kappa shape index (κ2) is 9.79. The first kappa shape index (κ1) is 16.0. The lowest BCUT2D eigenvalue weighted by Crippen LogP contribution is -2.36. The molecule has 0 bridgehead atoms. The lowest BCUT2D eigenvalue weighted by Gasteiger charge is -2.14. The van der Waals surface area contributed by atoms with Crippen LogP contribution in [0.4, 0.5) is 0 Å². The molecule has 1 rings (SSSR count). The molecular weight excluding hydrogens is 264 g/mol. The van der Waals surface area contributed by atoms with Crippen molar-refractivity contribution in [2.45, 2.75) is 64.3 Å². The molecular formula is C14H25ClN2S. The molecule has 1 aromatic rings. The molecule has 0 saturated carbocycles. The van der Waals surface area contributed by atoms with Gasteiger partial charge < -0.3 is 0 Å². The fourth-order valence-electron chi connectivity index (χ4n) is 2.12. The predicted molar refractivity (Wildman–Crippen MR) is 82.1 cm³/mol. The molecule has 2 nitrogen and oxygen atoms in total. The van der Waals surface area contributed by atoms with Gasteiger partial charge in [-0.3, -0.25) is 11.3 Å². The van der Waals surface area contributed by atoms with Crippen LogP contribution < -0.4 is 11.3 Å². The summed E-state index contributed by atoms with van der Waals surface area (Å²) in [4.78, 5) is 1.31. The Bertz CT molecular complexity index is 314. The molecule has 18 heavy (non-hydrogen) atoms. The first-order valence-electron chi connectivity index (χ1n) is 6.96. The molecule has 0 radical (unpaired) electrons. The molecule has 3 N–H and O–H groups in total. The van der Waals surface area contributed by atoms with Gasteiger partial charge in [0, 0.05) is 10.9 Å². The van der Waals surface area contributed by atoms with Crippen LogP contribution in [0.1, 0.15) is 56.7 Å². The van der Waals surface area contributed by atoms with E-state index in [-0.39, 0.29) is 0 Å². The quantitative estimate of drug-likeness (QED) is 0.377. The number of nitrogens with two attached hydrogens (primary N) is 1. The fraction of sp³-hybridized carbons (Fsp3) is 0.714. The maximum atomic E-state index is 5.93. The minimum atomic E-state index is 0.380. The second-order valence-electron chi connectivity index (χ2n) is 4.83. The minimum absolute atomic E-state index is 0.380. The molecule has 0 aliphatic heterocycles. The van der Waals surface area contributed by atoms with Crippen molar-refractivity contribution in [2.75, 3.05) is 0 Å². The SMILES string of the molecule is CCCCCCCCC(Cc1ccc(Cl)s1)NN. The van der Waals surface area contributed by atoms with Crippen molar-refractivity contribution in [3.63, 3.8) is 0 Å². The Morgan fingerprint density at radius 3 is 2.56 bits per heavy atom. The summed E-state index contributed by atoms with van der Waals surface area (Å²) in [6.45, 7) is 2.25. The summed E-state index contributed by atoms with van der Waals surface area (Å²) in [5, 5.41) is 0. The monoisotopic (exact) mass is 288 g/mol.